The fraction of sp³-hybridized carbons (Fsp3) is 0.500. The van der Waals surface area contributed by atoms with Gasteiger partial charge in [-0.25, -0.2) is 4.99 Å². The molecular weight excluding hydrogens is 290 g/mol. The molecule has 0 spiro atoms. The van der Waals surface area contributed by atoms with Gasteiger partial charge in [-0.3, -0.25) is 0 Å². The van der Waals surface area contributed by atoms with Crippen molar-refractivity contribution in [2.24, 2.45) is 16.6 Å². The van der Waals surface area contributed by atoms with E-state index in [1.165, 1.54) is 11.1 Å². The SMILES string of the molecule is Cc1cc(Br)ccc1CN=C(N)NCCC(C)C. The first-order chi connectivity index (χ1) is 8.49. The Labute approximate surface area is 118 Å². The van der Waals surface area contributed by atoms with Crippen LogP contribution in [-0.2, 0) is 6.54 Å². The van der Waals surface area contributed by atoms with Gasteiger partial charge in [-0.15, -0.1) is 0 Å². The van der Waals surface area contributed by atoms with Crippen molar-refractivity contribution in [1.29, 1.82) is 0 Å². The van der Waals surface area contributed by atoms with E-state index in [9.17, 15) is 0 Å². The summed E-state index contributed by atoms with van der Waals surface area (Å²) in [5.74, 6) is 1.21. The molecule has 0 aliphatic rings. The van der Waals surface area contributed by atoms with Crippen LogP contribution in [0.25, 0.3) is 0 Å². The molecule has 0 aliphatic carbocycles. The highest BCUT2D eigenvalue weighted by molar-refractivity contribution is 9.10. The molecule has 0 amide bonds. The zero-order chi connectivity index (χ0) is 13.5. The highest BCUT2D eigenvalue weighted by atomic mass is 79.9. The molecule has 0 fully saturated rings. The molecule has 100 valence electrons. The lowest BCUT2D eigenvalue weighted by Gasteiger charge is -2.08. The maximum Gasteiger partial charge on any atom is 0.188 e. The summed E-state index contributed by atoms with van der Waals surface area (Å²) in [4.78, 5) is 4.35. The van der Waals surface area contributed by atoms with E-state index >= 15 is 0 Å². The Hall–Kier alpha value is -1.03. The Morgan fingerprint density at radius 2 is 2.17 bits per heavy atom. The van der Waals surface area contributed by atoms with E-state index < -0.39 is 0 Å². The fourth-order valence-corrected chi connectivity index (χ4v) is 2.03. The summed E-state index contributed by atoms with van der Waals surface area (Å²) in [6.07, 6.45) is 1.10. The van der Waals surface area contributed by atoms with Gasteiger partial charge in [0.2, 0.25) is 0 Å². The van der Waals surface area contributed by atoms with Gasteiger partial charge in [0.25, 0.3) is 0 Å². The molecule has 1 rings (SSSR count). The van der Waals surface area contributed by atoms with Crippen molar-refractivity contribution < 1.29 is 0 Å². The van der Waals surface area contributed by atoms with E-state index in [1.807, 2.05) is 6.07 Å². The van der Waals surface area contributed by atoms with Crippen LogP contribution in [0.5, 0.6) is 0 Å². The number of aliphatic imine (C=N–C) groups is 1. The van der Waals surface area contributed by atoms with Crippen molar-refractivity contribution in [2.45, 2.75) is 33.7 Å². The minimum absolute atomic E-state index is 0.526. The molecule has 18 heavy (non-hydrogen) atoms. The zero-order valence-electron chi connectivity index (χ0n) is 11.3. The summed E-state index contributed by atoms with van der Waals surface area (Å²) < 4.78 is 1.09. The number of benzene rings is 1. The Morgan fingerprint density at radius 3 is 2.78 bits per heavy atom. The van der Waals surface area contributed by atoms with Gasteiger partial charge in [0, 0.05) is 11.0 Å². The maximum absolute atomic E-state index is 5.82. The van der Waals surface area contributed by atoms with Crippen LogP contribution >= 0.6 is 15.9 Å². The number of hydrogen-bond donors (Lipinski definition) is 2. The molecule has 0 saturated carbocycles. The number of hydrogen-bond acceptors (Lipinski definition) is 1. The zero-order valence-corrected chi connectivity index (χ0v) is 12.9. The van der Waals surface area contributed by atoms with Crippen LogP contribution in [0.3, 0.4) is 0 Å². The topological polar surface area (TPSA) is 50.4 Å². The van der Waals surface area contributed by atoms with Gasteiger partial charge < -0.3 is 11.1 Å². The van der Waals surface area contributed by atoms with Gasteiger partial charge in [0.05, 0.1) is 6.54 Å². The van der Waals surface area contributed by atoms with Crippen molar-refractivity contribution in [2.75, 3.05) is 6.54 Å². The van der Waals surface area contributed by atoms with Gasteiger partial charge in [-0.1, -0.05) is 35.8 Å². The second-order valence-electron chi connectivity index (χ2n) is 4.88. The first-order valence-corrected chi connectivity index (χ1v) is 7.07. The summed E-state index contributed by atoms with van der Waals surface area (Å²) >= 11 is 3.45. The third-order valence-electron chi connectivity index (χ3n) is 2.75. The van der Waals surface area contributed by atoms with Gasteiger partial charge in [0.15, 0.2) is 5.96 Å². The van der Waals surface area contributed by atoms with Crippen LogP contribution in [-0.4, -0.2) is 12.5 Å². The Bertz CT molecular complexity index is 414. The third kappa shape index (κ3) is 5.54. The Balaban J connectivity index is 2.47. The quantitative estimate of drug-likeness (QED) is 0.648. The number of nitrogens with zero attached hydrogens (tertiary/aromatic N) is 1. The predicted molar refractivity (Wildman–Crippen MR) is 81.7 cm³/mol. The summed E-state index contributed by atoms with van der Waals surface area (Å²) in [5, 5.41) is 3.13. The summed E-state index contributed by atoms with van der Waals surface area (Å²) in [6, 6.07) is 6.19. The van der Waals surface area contributed by atoms with Crippen LogP contribution in [0.15, 0.2) is 27.7 Å². The summed E-state index contributed by atoms with van der Waals surface area (Å²) in [6.45, 7) is 7.98. The van der Waals surface area contributed by atoms with Crippen molar-refractivity contribution in [3.63, 3.8) is 0 Å². The lowest BCUT2D eigenvalue weighted by molar-refractivity contribution is 0.576. The standard InChI is InChI=1S/C14H22BrN3/c1-10(2)6-7-17-14(16)18-9-12-4-5-13(15)8-11(12)3/h4-5,8,10H,6-7,9H2,1-3H3,(H3,16,17,18). The average Bonchev–Trinajstić information content (AvgIpc) is 2.27. The largest absolute Gasteiger partial charge is 0.370 e. The number of aryl methyl sites for hydroxylation is 1. The summed E-state index contributed by atoms with van der Waals surface area (Å²) in [5.41, 5.74) is 8.24. The highest BCUT2D eigenvalue weighted by Gasteiger charge is 1.99. The van der Waals surface area contributed by atoms with Crippen LogP contribution in [0.2, 0.25) is 0 Å². The molecule has 0 aliphatic heterocycles. The number of halogens is 1. The molecule has 0 unspecified atom stereocenters. The number of guanidine groups is 1. The molecule has 0 radical (unpaired) electrons. The van der Waals surface area contributed by atoms with Gasteiger partial charge in [-0.05, 0) is 42.5 Å². The predicted octanol–water partition coefficient (Wildman–Crippen LogP) is 3.21. The molecule has 0 saturated heterocycles. The Morgan fingerprint density at radius 1 is 1.44 bits per heavy atom. The van der Waals surface area contributed by atoms with E-state index in [1.54, 1.807) is 0 Å². The lowest BCUT2D eigenvalue weighted by Crippen LogP contribution is -2.32. The first-order valence-electron chi connectivity index (χ1n) is 6.28. The molecule has 3 N–H and O–H groups in total. The normalized spacial score (nSPS) is 11.9. The van der Waals surface area contributed by atoms with Crippen molar-refractivity contribution in [3.8, 4) is 0 Å². The van der Waals surface area contributed by atoms with E-state index in [0.717, 1.165) is 17.4 Å². The molecule has 1 aromatic carbocycles. The van der Waals surface area contributed by atoms with E-state index in [4.69, 9.17) is 5.73 Å². The van der Waals surface area contributed by atoms with Gasteiger partial charge in [0.1, 0.15) is 0 Å². The lowest BCUT2D eigenvalue weighted by atomic mass is 10.1. The minimum Gasteiger partial charge on any atom is -0.370 e. The van der Waals surface area contributed by atoms with Crippen LogP contribution in [0, 0.1) is 12.8 Å². The third-order valence-corrected chi connectivity index (χ3v) is 3.25. The fourth-order valence-electron chi connectivity index (χ4n) is 1.55. The van der Waals surface area contributed by atoms with E-state index in [2.05, 4.69) is 59.1 Å². The average molecular weight is 312 g/mol. The van der Waals surface area contributed by atoms with E-state index in [-0.39, 0.29) is 0 Å². The second kappa shape index (κ2) is 7.41. The van der Waals surface area contributed by atoms with Crippen LogP contribution < -0.4 is 11.1 Å². The molecule has 0 aromatic heterocycles. The monoisotopic (exact) mass is 311 g/mol. The smallest absolute Gasteiger partial charge is 0.188 e. The maximum atomic E-state index is 5.82. The molecule has 0 atom stereocenters. The Kier molecular flexibility index (Phi) is 6.19. The molecular formula is C14H22BrN3. The minimum atomic E-state index is 0.526. The molecule has 1 aromatic rings. The summed E-state index contributed by atoms with van der Waals surface area (Å²) in [7, 11) is 0. The number of rotatable bonds is 5. The van der Waals surface area contributed by atoms with Gasteiger partial charge >= 0.3 is 0 Å². The first kappa shape index (κ1) is 15.0. The molecule has 0 heterocycles. The van der Waals surface area contributed by atoms with Crippen molar-refractivity contribution >= 4 is 21.9 Å². The molecule has 3 nitrogen and oxygen atoms in total. The number of nitrogens with two attached hydrogens (primary N) is 1. The molecule has 0 bridgehead atoms. The number of nitrogens with one attached hydrogen (secondary N) is 1. The highest BCUT2D eigenvalue weighted by Crippen LogP contribution is 2.16. The van der Waals surface area contributed by atoms with Crippen molar-refractivity contribution in [1.82, 2.24) is 5.32 Å². The van der Waals surface area contributed by atoms with Crippen molar-refractivity contribution in [3.05, 3.63) is 33.8 Å². The van der Waals surface area contributed by atoms with Crippen LogP contribution in [0.4, 0.5) is 0 Å². The van der Waals surface area contributed by atoms with Crippen LogP contribution in [0.1, 0.15) is 31.4 Å². The van der Waals surface area contributed by atoms with E-state index in [0.29, 0.717) is 18.4 Å². The molecule has 4 heteroatoms. The van der Waals surface area contributed by atoms with Gasteiger partial charge in [-0.2, -0.15) is 0 Å². The second-order valence-corrected chi connectivity index (χ2v) is 5.80.